The van der Waals surface area contributed by atoms with Gasteiger partial charge in [0.1, 0.15) is 17.6 Å². The molecule has 1 aromatic rings. The highest BCUT2D eigenvalue weighted by molar-refractivity contribution is 5.93. The fourth-order valence-electron chi connectivity index (χ4n) is 4.69. The molecule has 2 bridgehead atoms. The van der Waals surface area contributed by atoms with Crippen LogP contribution in [0.1, 0.15) is 59.1 Å². The van der Waals surface area contributed by atoms with Crippen LogP contribution in [0.3, 0.4) is 0 Å². The third-order valence-electron chi connectivity index (χ3n) is 7.22. The lowest BCUT2D eigenvalue weighted by atomic mass is 9.66. The van der Waals surface area contributed by atoms with Gasteiger partial charge in [0.25, 0.3) is 0 Å². The van der Waals surface area contributed by atoms with E-state index in [4.69, 9.17) is 28.4 Å². The Morgan fingerprint density at radius 1 is 1.06 bits per heavy atom. The Labute approximate surface area is 189 Å². The maximum Gasteiger partial charge on any atom is 0.351 e. The second kappa shape index (κ2) is 8.90. The van der Waals surface area contributed by atoms with Crippen molar-refractivity contribution in [3.8, 4) is 11.5 Å². The van der Waals surface area contributed by atoms with E-state index in [2.05, 4.69) is 0 Å². The maximum atomic E-state index is 13.5. The zero-order chi connectivity index (χ0) is 23.7. The molecule has 3 atom stereocenters. The Morgan fingerprint density at radius 2 is 1.72 bits per heavy atom. The molecule has 0 unspecified atom stereocenters. The number of esters is 2. The van der Waals surface area contributed by atoms with Gasteiger partial charge in [-0.1, -0.05) is 27.7 Å². The van der Waals surface area contributed by atoms with Gasteiger partial charge in [0.05, 0.1) is 5.41 Å². The molecule has 1 saturated carbocycles. The third kappa shape index (κ3) is 3.73. The second-order valence-electron chi connectivity index (χ2n) is 9.54. The van der Waals surface area contributed by atoms with Crippen LogP contribution in [0, 0.1) is 16.7 Å². The van der Waals surface area contributed by atoms with Crippen molar-refractivity contribution in [3.63, 3.8) is 0 Å². The smallest absolute Gasteiger partial charge is 0.351 e. The Bertz CT molecular complexity index is 864. The largest absolute Gasteiger partial charge is 0.467 e. The first-order chi connectivity index (χ1) is 15.0. The third-order valence-corrected chi connectivity index (χ3v) is 7.22. The fourth-order valence-corrected chi connectivity index (χ4v) is 4.69. The predicted octanol–water partition coefficient (Wildman–Crippen LogP) is 4.01. The van der Waals surface area contributed by atoms with Crippen LogP contribution in [-0.4, -0.2) is 45.3 Å². The summed E-state index contributed by atoms with van der Waals surface area (Å²) in [6.07, 6.45) is 0.415. The molecule has 1 aromatic carbocycles. The summed E-state index contributed by atoms with van der Waals surface area (Å²) in [5, 5.41) is 0. The monoisotopic (exact) mass is 450 g/mol. The Morgan fingerprint density at radius 3 is 2.25 bits per heavy atom. The van der Waals surface area contributed by atoms with Crippen molar-refractivity contribution in [3.05, 3.63) is 23.8 Å². The lowest BCUT2D eigenvalue weighted by molar-refractivity contribution is -0.189. The highest BCUT2D eigenvalue weighted by Gasteiger charge is 2.76. The van der Waals surface area contributed by atoms with Crippen molar-refractivity contribution in [2.24, 2.45) is 16.7 Å². The molecule has 0 amide bonds. The molecule has 1 aliphatic heterocycles. The number of methoxy groups -OCH3 is 2. The van der Waals surface area contributed by atoms with Crippen molar-refractivity contribution in [1.29, 1.82) is 0 Å². The summed E-state index contributed by atoms with van der Waals surface area (Å²) in [7, 11) is 3.06. The van der Waals surface area contributed by atoms with E-state index < -0.39 is 28.5 Å². The Balaban J connectivity index is 1.92. The van der Waals surface area contributed by atoms with E-state index >= 15 is 0 Å². The number of hydrogen-bond acceptors (Lipinski definition) is 8. The Kier molecular flexibility index (Phi) is 6.77. The highest BCUT2D eigenvalue weighted by Crippen LogP contribution is 2.66. The molecule has 0 N–H and O–H groups in total. The number of fused-ring (bicyclic) bond motifs is 2. The number of hydrogen-bond donors (Lipinski definition) is 0. The van der Waals surface area contributed by atoms with Gasteiger partial charge >= 0.3 is 11.9 Å². The van der Waals surface area contributed by atoms with E-state index in [-0.39, 0.29) is 25.5 Å². The molecule has 8 heteroatoms. The molecular weight excluding hydrogens is 416 g/mol. The van der Waals surface area contributed by atoms with Crippen LogP contribution in [0.5, 0.6) is 11.5 Å². The summed E-state index contributed by atoms with van der Waals surface area (Å²) in [6.45, 7) is 9.70. The van der Waals surface area contributed by atoms with Crippen LogP contribution in [0.4, 0.5) is 0 Å². The second-order valence-corrected chi connectivity index (χ2v) is 9.54. The molecule has 2 aliphatic rings. The lowest BCUT2D eigenvalue weighted by Crippen LogP contribution is -2.49. The minimum absolute atomic E-state index is 0.0203. The molecule has 0 radical (unpaired) electrons. The fraction of sp³-hybridized carbons (Fsp3) is 0.667. The summed E-state index contributed by atoms with van der Waals surface area (Å²) in [6, 6.07) is 5.28. The van der Waals surface area contributed by atoms with E-state index in [0.29, 0.717) is 29.9 Å². The van der Waals surface area contributed by atoms with Crippen LogP contribution in [0.25, 0.3) is 0 Å². The summed E-state index contributed by atoms with van der Waals surface area (Å²) in [4.78, 5) is 26.1. The summed E-state index contributed by atoms with van der Waals surface area (Å²) in [5.41, 5.74) is -1.99. The molecular formula is C24H34O8. The molecule has 2 fully saturated rings. The van der Waals surface area contributed by atoms with Gasteiger partial charge in [-0.3, -0.25) is 4.79 Å². The molecule has 8 nitrogen and oxygen atoms in total. The van der Waals surface area contributed by atoms with Crippen molar-refractivity contribution >= 4 is 11.9 Å². The number of carbonyl (C=O) groups excluding carboxylic acids is 2. The van der Waals surface area contributed by atoms with E-state index in [1.165, 1.54) is 14.2 Å². The summed E-state index contributed by atoms with van der Waals surface area (Å²) in [5.74, 6) is 0.0951. The van der Waals surface area contributed by atoms with Crippen molar-refractivity contribution in [2.75, 3.05) is 27.8 Å². The molecule has 1 aliphatic carbocycles. The van der Waals surface area contributed by atoms with Gasteiger partial charge in [-0.15, -0.1) is 0 Å². The molecule has 1 saturated heterocycles. The Hall–Kier alpha value is -2.32. The van der Waals surface area contributed by atoms with E-state index in [9.17, 15) is 9.59 Å². The van der Waals surface area contributed by atoms with Gasteiger partial charge in [0.15, 0.2) is 13.6 Å². The predicted molar refractivity (Wildman–Crippen MR) is 115 cm³/mol. The van der Waals surface area contributed by atoms with Crippen LogP contribution in [0.2, 0.25) is 0 Å². The van der Waals surface area contributed by atoms with Gasteiger partial charge in [-0.2, -0.15) is 0 Å². The molecule has 1 heterocycles. The first-order valence-electron chi connectivity index (χ1n) is 10.9. The van der Waals surface area contributed by atoms with Crippen LogP contribution in [-0.2, 0) is 28.5 Å². The van der Waals surface area contributed by atoms with Crippen LogP contribution < -0.4 is 9.47 Å². The zero-order valence-electron chi connectivity index (χ0n) is 20.0. The van der Waals surface area contributed by atoms with Gasteiger partial charge < -0.3 is 28.4 Å². The van der Waals surface area contributed by atoms with Gasteiger partial charge in [0, 0.05) is 31.3 Å². The SMILES string of the molecule is COCOc1ccc([C@H](OC(=O)[C@@]23CC[C@@](C)(C(=O)O2)C3(C)C)C(C)C)c(OCOC)c1. The molecule has 0 spiro atoms. The number of rotatable bonds is 10. The average Bonchev–Trinajstić information content (AvgIpc) is 3.04. The first-order valence-corrected chi connectivity index (χ1v) is 10.9. The maximum absolute atomic E-state index is 13.5. The highest BCUT2D eigenvalue weighted by atomic mass is 16.7. The van der Waals surface area contributed by atoms with Crippen molar-refractivity contribution < 1.29 is 38.0 Å². The van der Waals surface area contributed by atoms with Crippen molar-refractivity contribution in [2.45, 2.75) is 59.2 Å². The van der Waals surface area contributed by atoms with E-state index in [1.54, 1.807) is 18.2 Å². The van der Waals surface area contributed by atoms with Gasteiger partial charge in [-0.25, -0.2) is 4.79 Å². The van der Waals surface area contributed by atoms with Crippen LogP contribution >= 0.6 is 0 Å². The number of ether oxygens (including phenoxy) is 6. The normalized spacial score (nSPS) is 26.7. The summed E-state index contributed by atoms with van der Waals surface area (Å²) >= 11 is 0. The standard InChI is InChI=1S/C24H34O8/c1-15(2)19(17-9-8-16(29-13-27-6)12-18(17)30-14-28-7)31-21(26)24-11-10-23(5,20(25)32-24)22(24,3)4/h8-9,12,15,19H,10-11,13-14H2,1-7H3/t19-,23+,24-/m1/s1. The number of carbonyl (C=O) groups is 2. The van der Waals surface area contributed by atoms with Gasteiger partial charge in [0.2, 0.25) is 5.60 Å². The molecule has 0 aromatic heterocycles. The lowest BCUT2D eigenvalue weighted by Gasteiger charge is -2.36. The van der Waals surface area contributed by atoms with E-state index in [1.807, 2.05) is 34.6 Å². The number of benzene rings is 1. The molecule has 3 rings (SSSR count). The van der Waals surface area contributed by atoms with Crippen molar-refractivity contribution in [1.82, 2.24) is 0 Å². The average molecular weight is 451 g/mol. The van der Waals surface area contributed by atoms with Gasteiger partial charge in [-0.05, 0) is 37.8 Å². The quantitative estimate of drug-likeness (QED) is 0.390. The minimum Gasteiger partial charge on any atom is -0.467 e. The van der Waals surface area contributed by atoms with E-state index in [0.717, 1.165) is 0 Å². The molecule has 32 heavy (non-hydrogen) atoms. The first kappa shape index (κ1) is 24.3. The minimum atomic E-state index is -1.29. The summed E-state index contributed by atoms with van der Waals surface area (Å²) < 4.78 is 33.1. The van der Waals surface area contributed by atoms with Crippen LogP contribution in [0.15, 0.2) is 18.2 Å². The topological polar surface area (TPSA) is 89.5 Å². The molecule has 178 valence electrons. The zero-order valence-corrected chi connectivity index (χ0v) is 20.0.